The summed E-state index contributed by atoms with van der Waals surface area (Å²) in [5, 5.41) is 21.8. The fraction of sp³-hybridized carbons (Fsp3) is 0. The number of aromatic carboxylic acids is 1. The highest BCUT2D eigenvalue weighted by atomic mass is 16.4. The van der Waals surface area contributed by atoms with Crippen LogP contribution in [0, 0.1) is 0 Å². The van der Waals surface area contributed by atoms with E-state index >= 15 is 0 Å². The summed E-state index contributed by atoms with van der Waals surface area (Å²) in [6, 6.07) is 14.8. The third-order valence-electron chi connectivity index (χ3n) is 3.58. The maximum atomic E-state index is 11.4. The van der Waals surface area contributed by atoms with Crippen LogP contribution in [0.4, 0.5) is 0 Å². The number of fused-ring (bicyclic) bond motifs is 1. The van der Waals surface area contributed by atoms with Crippen molar-refractivity contribution in [2.45, 2.75) is 0 Å². The second kappa shape index (κ2) is 5.06. The molecular formula is C16H11N5O2. The van der Waals surface area contributed by atoms with Gasteiger partial charge in [0, 0.05) is 5.39 Å². The molecule has 0 aliphatic heterocycles. The van der Waals surface area contributed by atoms with Crippen molar-refractivity contribution in [2.75, 3.05) is 0 Å². The van der Waals surface area contributed by atoms with Crippen LogP contribution in [-0.2, 0) is 0 Å². The van der Waals surface area contributed by atoms with Gasteiger partial charge in [0.05, 0.1) is 16.9 Å². The molecule has 2 aromatic heterocycles. The van der Waals surface area contributed by atoms with Gasteiger partial charge in [-0.2, -0.15) is 5.10 Å². The number of aromatic nitrogens is 5. The normalized spacial score (nSPS) is 11.0. The standard InChI is InChI=1S/C16H11N5O2/c22-16(23)15-13-6-1-2-7-14(13)21(19-15)12-5-3-4-11(8-12)20-9-17-18-10-20/h1-10H,(H,22,23). The molecule has 2 heterocycles. The Balaban J connectivity index is 1.93. The lowest BCUT2D eigenvalue weighted by atomic mass is 10.2. The molecule has 0 aliphatic carbocycles. The van der Waals surface area contributed by atoms with Crippen molar-refractivity contribution in [2.24, 2.45) is 0 Å². The minimum atomic E-state index is -1.05. The summed E-state index contributed by atoms with van der Waals surface area (Å²) in [6.45, 7) is 0. The van der Waals surface area contributed by atoms with Gasteiger partial charge in [-0.15, -0.1) is 10.2 Å². The minimum absolute atomic E-state index is 0.0373. The maximum Gasteiger partial charge on any atom is 0.357 e. The zero-order valence-corrected chi connectivity index (χ0v) is 11.9. The van der Waals surface area contributed by atoms with Crippen LogP contribution in [0.1, 0.15) is 10.5 Å². The highest BCUT2D eigenvalue weighted by Crippen LogP contribution is 2.23. The first-order valence-corrected chi connectivity index (χ1v) is 6.90. The Bertz CT molecular complexity index is 1000. The van der Waals surface area contributed by atoms with Crippen LogP contribution in [0.5, 0.6) is 0 Å². The van der Waals surface area contributed by atoms with Crippen molar-refractivity contribution in [3.8, 4) is 11.4 Å². The number of carboxylic acids is 1. The summed E-state index contributed by atoms with van der Waals surface area (Å²) in [5.41, 5.74) is 2.41. The Kier molecular flexibility index (Phi) is 2.90. The van der Waals surface area contributed by atoms with E-state index in [0.29, 0.717) is 5.39 Å². The molecule has 4 rings (SSSR count). The largest absolute Gasteiger partial charge is 0.476 e. The molecule has 0 spiro atoms. The van der Waals surface area contributed by atoms with Crippen LogP contribution in [-0.4, -0.2) is 35.6 Å². The molecule has 0 bridgehead atoms. The Morgan fingerprint density at radius 3 is 2.48 bits per heavy atom. The molecule has 0 saturated heterocycles. The predicted molar refractivity (Wildman–Crippen MR) is 82.9 cm³/mol. The van der Waals surface area contributed by atoms with Gasteiger partial charge >= 0.3 is 5.97 Å². The molecule has 1 N–H and O–H groups in total. The molecule has 23 heavy (non-hydrogen) atoms. The Morgan fingerprint density at radius 1 is 0.957 bits per heavy atom. The number of nitrogens with zero attached hydrogens (tertiary/aromatic N) is 5. The molecule has 0 radical (unpaired) electrons. The molecule has 7 nitrogen and oxygen atoms in total. The van der Waals surface area contributed by atoms with Gasteiger partial charge in [-0.25, -0.2) is 9.48 Å². The molecule has 112 valence electrons. The zero-order valence-electron chi connectivity index (χ0n) is 11.9. The van der Waals surface area contributed by atoms with Crippen molar-refractivity contribution in [1.82, 2.24) is 24.5 Å². The highest BCUT2D eigenvalue weighted by molar-refractivity contribution is 6.01. The van der Waals surface area contributed by atoms with Crippen molar-refractivity contribution >= 4 is 16.9 Å². The topological polar surface area (TPSA) is 85.8 Å². The molecule has 0 unspecified atom stereocenters. The molecule has 0 aliphatic rings. The van der Waals surface area contributed by atoms with Gasteiger partial charge in [0.1, 0.15) is 12.7 Å². The number of hydrogen-bond donors (Lipinski definition) is 1. The summed E-state index contributed by atoms with van der Waals surface area (Å²) < 4.78 is 3.40. The third kappa shape index (κ3) is 2.15. The van der Waals surface area contributed by atoms with Gasteiger partial charge in [0.25, 0.3) is 0 Å². The molecule has 2 aromatic carbocycles. The Labute approximate surface area is 130 Å². The zero-order chi connectivity index (χ0) is 15.8. The fourth-order valence-corrected chi connectivity index (χ4v) is 2.54. The average molecular weight is 305 g/mol. The van der Waals surface area contributed by atoms with Gasteiger partial charge in [0.2, 0.25) is 0 Å². The molecule has 4 aromatic rings. The van der Waals surface area contributed by atoms with Crippen LogP contribution in [0.15, 0.2) is 61.2 Å². The first-order valence-electron chi connectivity index (χ1n) is 6.90. The number of benzene rings is 2. The van der Waals surface area contributed by atoms with E-state index < -0.39 is 5.97 Å². The van der Waals surface area contributed by atoms with Crippen molar-refractivity contribution in [3.05, 3.63) is 66.9 Å². The van der Waals surface area contributed by atoms with Gasteiger partial charge < -0.3 is 5.11 Å². The van der Waals surface area contributed by atoms with Crippen molar-refractivity contribution < 1.29 is 9.90 Å². The van der Waals surface area contributed by atoms with Crippen LogP contribution in [0.3, 0.4) is 0 Å². The molecular weight excluding hydrogens is 294 g/mol. The lowest BCUT2D eigenvalue weighted by molar-refractivity contribution is 0.0692. The number of para-hydroxylation sites is 1. The monoisotopic (exact) mass is 305 g/mol. The van der Waals surface area contributed by atoms with Crippen LogP contribution < -0.4 is 0 Å². The van der Waals surface area contributed by atoms with Gasteiger partial charge in [-0.1, -0.05) is 24.3 Å². The number of carbonyl (C=O) groups is 1. The lowest BCUT2D eigenvalue weighted by Gasteiger charge is -2.06. The SMILES string of the molecule is O=C(O)c1nn(-c2cccc(-n3cnnc3)c2)c2ccccc12. The maximum absolute atomic E-state index is 11.4. The number of carboxylic acid groups (broad SMARTS) is 1. The van der Waals surface area contributed by atoms with Crippen LogP contribution in [0.2, 0.25) is 0 Å². The fourth-order valence-electron chi connectivity index (χ4n) is 2.54. The predicted octanol–water partition coefficient (Wildman–Crippen LogP) is 2.30. The van der Waals surface area contributed by atoms with Crippen LogP contribution >= 0.6 is 0 Å². The van der Waals surface area contributed by atoms with E-state index in [1.165, 1.54) is 0 Å². The van der Waals surface area contributed by atoms with E-state index in [-0.39, 0.29) is 5.69 Å². The van der Waals surface area contributed by atoms with E-state index in [1.807, 2.05) is 36.4 Å². The first kappa shape index (κ1) is 13.2. The Morgan fingerprint density at radius 2 is 1.70 bits per heavy atom. The van der Waals surface area contributed by atoms with E-state index in [0.717, 1.165) is 16.9 Å². The smallest absolute Gasteiger partial charge is 0.357 e. The molecule has 7 heteroatoms. The minimum Gasteiger partial charge on any atom is -0.476 e. The summed E-state index contributed by atoms with van der Waals surface area (Å²) in [7, 11) is 0. The van der Waals surface area contributed by atoms with E-state index in [1.54, 1.807) is 34.0 Å². The van der Waals surface area contributed by atoms with Crippen LogP contribution in [0.25, 0.3) is 22.3 Å². The molecule has 0 fully saturated rings. The number of hydrogen-bond acceptors (Lipinski definition) is 4. The lowest BCUT2D eigenvalue weighted by Crippen LogP contribution is -2.02. The Hall–Kier alpha value is -3.48. The van der Waals surface area contributed by atoms with Crippen molar-refractivity contribution in [1.29, 1.82) is 0 Å². The summed E-state index contributed by atoms with van der Waals surface area (Å²) in [6.07, 6.45) is 3.20. The third-order valence-corrected chi connectivity index (χ3v) is 3.58. The summed E-state index contributed by atoms with van der Waals surface area (Å²) in [4.78, 5) is 11.4. The van der Waals surface area contributed by atoms with E-state index in [9.17, 15) is 9.90 Å². The second-order valence-electron chi connectivity index (χ2n) is 4.97. The quantitative estimate of drug-likeness (QED) is 0.627. The summed E-state index contributed by atoms with van der Waals surface area (Å²) in [5.74, 6) is -1.05. The van der Waals surface area contributed by atoms with Crippen molar-refractivity contribution in [3.63, 3.8) is 0 Å². The number of rotatable bonds is 3. The molecule has 0 amide bonds. The second-order valence-corrected chi connectivity index (χ2v) is 4.97. The van der Waals surface area contributed by atoms with E-state index in [4.69, 9.17) is 0 Å². The van der Waals surface area contributed by atoms with Gasteiger partial charge in [-0.3, -0.25) is 4.57 Å². The van der Waals surface area contributed by atoms with Gasteiger partial charge in [-0.05, 0) is 24.3 Å². The highest BCUT2D eigenvalue weighted by Gasteiger charge is 2.16. The molecule has 0 saturated carbocycles. The summed E-state index contributed by atoms with van der Waals surface area (Å²) >= 11 is 0. The molecule has 0 atom stereocenters. The van der Waals surface area contributed by atoms with Gasteiger partial charge in [0.15, 0.2) is 5.69 Å². The average Bonchev–Trinajstić information content (AvgIpc) is 3.23. The first-order chi connectivity index (χ1) is 11.2. The van der Waals surface area contributed by atoms with E-state index in [2.05, 4.69) is 15.3 Å².